The summed E-state index contributed by atoms with van der Waals surface area (Å²) in [6, 6.07) is 2.10. The van der Waals surface area contributed by atoms with E-state index in [0.29, 0.717) is 11.8 Å². The number of likely N-dealkylation sites (tertiary alicyclic amines) is 1. The number of amides is 1. The topological polar surface area (TPSA) is 65.7 Å². The first-order chi connectivity index (χ1) is 10.7. The fourth-order valence-electron chi connectivity index (χ4n) is 3.49. The van der Waals surface area contributed by atoms with Crippen molar-refractivity contribution in [1.82, 2.24) is 10.2 Å². The van der Waals surface area contributed by atoms with Crippen molar-refractivity contribution in [2.45, 2.75) is 71.6 Å². The van der Waals surface area contributed by atoms with Gasteiger partial charge in [0, 0.05) is 11.6 Å². The minimum atomic E-state index is -1.13. The Hall–Kier alpha value is -1.33. The van der Waals surface area contributed by atoms with Crippen LogP contribution in [0.25, 0.3) is 0 Å². The van der Waals surface area contributed by atoms with Gasteiger partial charge in [-0.3, -0.25) is 9.69 Å². The van der Waals surface area contributed by atoms with Crippen molar-refractivity contribution in [2.24, 2.45) is 0 Å². The maximum Gasteiger partial charge on any atom is 0.237 e. The van der Waals surface area contributed by atoms with Crippen molar-refractivity contribution in [1.29, 1.82) is 0 Å². The first-order valence-corrected chi connectivity index (χ1v) is 8.55. The largest absolute Gasteiger partial charge is 0.466 e. The van der Waals surface area contributed by atoms with E-state index in [9.17, 15) is 9.90 Å². The first-order valence-electron chi connectivity index (χ1n) is 8.55. The molecule has 1 aromatic rings. The summed E-state index contributed by atoms with van der Waals surface area (Å²) in [6.07, 6.45) is 3.11. The molecule has 2 N–H and O–H groups in total. The van der Waals surface area contributed by atoms with Crippen molar-refractivity contribution in [3.63, 3.8) is 0 Å². The van der Waals surface area contributed by atoms with Crippen LogP contribution in [0.3, 0.4) is 0 Å². The fraction of sp³-hybridized carbons (Fsp3) is 0.722. The molecular formula is C18H30N2O3. The van der Waals surface area contributed by atoms with Gasteiger partial charge in [0.2, 0.25) is 5.91 Å². The quantitative estimate of drug-likeness (QED) is 0.874. The van der Waals surface area contributed by atoms with Gasteiger partial charge in [0.15, 0.2) is 0 Å². The second kappa shape index (κ2) is 7.05. The highest BCUT2D eigenvalue weighted by molar-refractivity contribution is 5.82. The van der Waals surface area contributed by atoms with Crippen molar-refractivity contribution in [3.8, 4) is 0 Å². The highest BCUT2D eigenvalue weighted by Crippen LogP contribution is 2.27. The van der Waals surface area contributed by atoms with Gasteiger partial charge in [-0.25, -0.2) is 0 Å². The average Bonchev–Trinajstić information content (AvgIpc) is 2.84. The Balaban J connectivity index is 2.01. The van der Waals surface area contributed by atoms with Gasteiger partial charge in [-0.05, 0) is 60.1 Å². The molecular weight excluding hydrogens is 292 g/mol. The number of furan rings is 1. The van der Waals surface area contributed by atoms with Crippen LogP contribution in [0.2, 0.25) is 0 Å². The molecule has 0 aliphatic carbocycles. The van der Waals surface area contributed by atoms with Gasteiger partial charge >= 0.3 is 0 Å². The van der Waals surface area contributed by atoms with Gasteiger partial charge in [0.25, 0.3) is 0 Å². The monoisotopic (exact) mass is 322 g/mol. The number of carbonyl (C=O) groups is 1. The number of nitrogens with zero attached hydrogens (tertiary/aromatic N) is 1. The fourth-order valence-corrected chi connectivity index (χ4v) is 3.49. The highest BCUT2D eigenvalue weighted by Gasteiger charge is 2.33. The predicted octanol–water partition coefficient (Wildman–Crippen LogP) is 2.48. The number of rotatable bonds is 5. The lowest BCUT2D eigenvalue weighted by Crippen LogP contribution is -2.53. The number of hydrogen-bond acceptors (Lipinski definition) is 4. The molecule has 1 aliphatic rings. The molecule has 0 spiro atoms. The molecule has 2 unspecified atom stereocenters. The summed E-state index contributed by atoms with van der Waals surface area (Å²) in [6.45, 7) is 10.8. The van der Waals surface area contributed by atoms with E-state index in [2.05, 4.69) is 24.1 Å². The number of carbonyl (C=O) groups excluding carboxylic acids is 1. The summed E-state index contributed by atoms with van der Waals surface area (Å²) in [5, 5.41) is 13.7. The van der Waals surface area contributed by atoms with Crippen molar-refractivity contribution < 1.29 is 14.3 Å². The number of piperidine rings is 1. The van der Waals surface area contributed by atoms with Crippen molar-refractivity contribution in [2.75, 3.05) is 13.1 Å². The van der Waals surface area contributed by atoms with Gasteiger partial charge in [0.05, 0.1) is 12.6 Å². The standard InChI is InChI=1S/C18H30N2O3/c1-12(2)20-9-7-6-8-16(20)17(21)19-11-18(5,22)15-10-13(3)23-14(15)4/h10,12,16,22H,6-9,11H2,1-5H3,(H,19,21). The number of aliphatic hydroxyl groups is 1. The van der Waals surface area contributed by atoms with E-state index in [1.165, 1.54) is 0 Å². The molecule has 2 rings (SSSR count). The number of aryl methyl sites for hydroxylation is 2. The molecule has 1 aromatic heterocycles. The molecule has 0 saturated carbocycles. The summed E-state index contributed by atoms with van der Waals surface area (Å²) in [4.78, 5) is 14.8. The Bertz CT molecular complexity index is 548. The number of hydrogen-bond donors (Lipinski definition) is 2. The molecule has 23 heavy (non-hydrogen) atoms. The molecule has 1 amide bonds. The molecule has 0 aromatic carbocycles. The second-order valence-electron chi connectivity index (χ2n) is 7.16. The van der Waals surface area contributed by atoms with Crippen LogP contribution >= 0.6 is 0 Å². The normalized spacial score (nSPS) is 22.1. The van der Waals surface area contributed by atoms with E-state index in [0.717, 1.165) is 37.1 Å². The summed E-state index contributed by atoms with van der Waals surface area (Å²) < 4.78 is 5.49. The third kappa shape index (κ3) is 4.15. The van der Waals surface area contributed by atoms with Crippen molar-refractivity contribution in [3.05, 3.63) is 23.2 Å². The van der Waals surface area contributed by atoms with Crippen LogP contribution in [0.5, 0.6) is 0 Å². The predicted molar refractivity (Wildman–Crippen MR) is 90.2 cm³/mol. The molecule has 0 radical (unpaired) electrons. The summed E-state index contributed by atoms with van der Waals surface area (Å²) in [7, 11) is 0. The lowest BCUT2D eigenvalue weighted by atomic mass is 9.95. The Labute approximate surface area is 139 Å². The molecule has 5 nitrogen and oxygen atoms in total. The molecule has 2 heterocycles. The molecule has 2 atom stereocenters. The molecule has 130 valence electrons. The third-order valence-corrected chi connectivity index (χ3v) is 4.74. The van der Waals surface area contributed by atoms with E-state index in [-0.39, 0.29) is 18.5 Å². The van der Waals surface area contributed by atoms with Gasteiger partial charge in [0.1, 0.15) is 17.1 Å². The first kappa shape index (κ1) is 18.0. The lowest BCUT2D eigenvalue weighted by Gasteiger charge is -2.38. The average molecular weight is 322 g/mol. The Morgan fingerprint density at radius 1 is 1.48 bits per heavy atom. The van der Waals surface area contributed by atoms with Gasteiger partial charge in [-0.15, -0.1) is 0 Å². The van der Waals surface area contributed by atoms with Gasteiger partial charge < -0.3 is 14.8 Å². The zero-order chi connectivity index (χ0) is 17.2. The summed E-state index contributed by atoms with van der Waals surface area (Å²) in [5.41, 5.74) is -0.394. The minimum Gasteiger partial charge on any atom is -0.466 e. The molecule has 5 heteroatoms. The maximum absolute atomic E-state index is 12.6. The van der Waals surface area contributed by atoms with E-state index in [4.69, 9.17) is 4.42 Å². The molecule has 0 bridgehead atoms. The zero-order valence-corrected chi connectivity index (χ0v) is 15.0. The highest BCUT2D eigenvalue weighted by atomic mass is 16.3. The van der Waals surface area contributed by atoms with Crippen LogP contribution in [-0.4, -0.2) is 41.1 Å². The van der Waals surface area contributed by atoms with Gasteiger partial charge in [-0.2, -0.15) is 0 Å². The van der Waals surface area contributed by atoms with Crippen LogP contribution in [0, 0.1) is 13.8 Å². The second-order valence-corrected chi connectivity index (χ2v) is 7.16. The third-order valence-electron chi connectivity index (χ3n) is 4.74. The van der Waals surface area contributed by atoms with E-state index in [1.807, 2.05) is 19.9 Å². The van der Waals surface area contributed by atoms with Crippen LogP contribution in [0.1, 0.15) is 57.1 Å². The Kier molecular flexibility index (Phi) is 5.53. The molecule has 1 fully saturated rings. The van der Waals surface area contributed by atoms with E-state index < -0.39 is 5.60 Å². The Morgan fingerprint density at radius 2 is 2.17 bits per heavy atom. The van der Waals surface area contributed by atoms with Crippen LogP contribution < -0.4 is 5.32 Å². The van der Waals surface area contributed by atoms with Crippen LogP contribution in [-0.2, 0) is 10.4 Å². The van der Waals surface area contributed by atoms with Crippen LogP contribution in [0.4, 0.5) is 0 Å². The van der Waals surface area contributed by atoms with E-state index >= 15 is 0 Å². The zero-order valence-electron chi connectivity index (χ0n) is 15.0. The molecule has 1 aliphatic heterocycles. The van der Waals surface area contributed by atoms with Crippen molar-refractivity contribution >= 4 is 5.91 Å². The summed E-state index contributed by atoms with van der Waals surface area (Å²) >= 11 is 0. The number of nitrogens with one attached hydrogen (secondary N) is 1. The molecule has 1 saturated heterocycles. The lowest BCUT2D eigenvalue weighted by molar-refractivity contribution is -0.129. The van der Waals surface area contributed by atoms with Crippen LogP contribution in [0.15, 0.2) is 10.5 Å². The van der Waals surface area contributed by atoms with Gasteiger partial charge in [-0.1, -0.05) is 6.42 Å². The summed E-state index contributed by atoms with van der Waals surface area (Å²) in [5.74, 6) is 1.47. The minimum absolute atomic E-state index is 0.0107. The smallest absolute Gasteiger partial charge is 0.237 e. The Morgan fingerprint density at radius 3 is 2.74 bits per heavy atom. The van der Waals surface area contributed by atoms with E-state index in [1.54, 1.807) is 6.92 Å². The maximum atomic E-state index is 12.6. The SMILES string of the molecule is Cc1cc(C(C)(O)CNC(=O)C2CCCCN2C(C)C)c(C)o1.